The highest BCUT2D eigenvalue weighted by Crippen LogP contribution is 2.34. The summed E-state index contributed by atoms with van der Waals surface area (Å²) >= 11 is 0.596. The number of rotatable bonds is 8. The molecule has 1 aromatic carbocycles. The second kappa shape index (κ2) is 10.4. The number of ether oxygens (including phenoxy) is 3. The lowest BCUT2D eigenvalue weighted by atomic mass is 10.00. The van der Waals surface area contributed by atoms with E-state index in [1.165, 1.54) is 5.38 Å². The van der Waals surface area contributed by atoms with Crippen LogP contribution >= 0.6 is 11.3 Å². The fourth-order valence-corrected chi connectivity index (χ4v) is 4.07. The average Bonchev–Trinajstić information content (AvgIpc) is 3.24. The number of nitrogens with zero attached hydrogens (tertiary/aromatic N) is 2. The Balaban J connectivity index is 1.53. The molecule has 1 saturated heterocycles. The van der Waals surface area contributed by atoms with E-state index in [0.717, 1.165) is 12.1 Å². The van der Waals surface area contributed by atoms with E-state index in [2.05, 4.69) is 16.8 Å². The van der Waals surface area contributed by atoms with Gasteiger partial charge in [0.15, 0.2) is 11.6 Å². The molecule has 0 N–H and O–H groups in total. The highest BCUT2D eigenvalue weighted by Gasteiger charge is 2.36. The summed E-state index contributed by atoms with van der Waals surface area (Å²) in [4.78, 5) is 17.3. The molecule has 1 aliphatic heterocycles. The van der Waals surface area contributed by atoms with Gasteiger partial charge in [-0.15, -0.1) is 11.3 Å². The summed E-state index contributed by atoms with van der Waals surface area (Å²) in [5.74, 6) is 0.364. The Morgan fingerprint density at radius 3 is 2.74 bits per heavy atom. The number of carbonyl (C=O) groups excluding carboxylic acids is 1. The van der Waals surface area contributed by atoms with Gasteiger partial charge in [0.25, 0.3) is 0 Å². The first kappa shape index (κ1) is 23.5. The highest BCUT2D eigenvalue weighted by molar-refractivity contribution is 7.09. The first-order chi connectivity index (χ1) is 14.8. The molecule has 1 fully saturated rings. The van der Waals surface area contributed by atoms with Gasteiger partial charge in [-0.3, -0.25) is 4.90 Å². The van der Waals surface area contributed by atoms with E-state index in [9.17, 15) is 18.0 Å². The Bertz CT molecular complexity index is 857. The fourth-order valence-electron chi connectivity index (χ4n) is 3.34. The minimum Gasteiger partial charge on any atom is -0.482 e. The lowest BCUT2D eigenvalue weighted by Crippen LogP contribution is -2.40. The SMILES string of the molecule is CCOC(=O)COc1ccc(C(C)CN2CCOC(c3csc(C(F)(F)F)n3)C2)cc1. The number of esters is 1. The van der Waals surface area contributed by atoms with Crippen LogP contribution in [0.4, 0.5) is 13.2 Å². The Kier molecular flexibility index (Phi) is 7.90. The van der Waals surface area contributed by atoms with Crippen molar-refractivity contribution < 1.29 is 32.2 Å². The van der Waals surface area contributed by atoms with Gasteiger partial charge in [0.05, 0.1) is 18.9 Å². The lowest BCUT2D eigenvalue weighted by Gasteiger charge is -2.34. The summed E-state index contributed by atoms with van der Waals surface area (Å²) in [5, 5.41) is 0.581. The molecule has 2 unspecified atom stereocenters. The lowest BCUT2D eigenvalue weighted by molar-refractivity contribution is -0.145. The number of alkyl halides is 3. The molecule has 1 aromatic heterocycles. The molecule has 0 aliphatic carbocycles. The molecule has 2 atom stereocenters. The van der Waals surface area contributed by atoms with E-state index >= 15 is 0 Å². The van der Waals surface area contributed by atoms with Crippen LogP contribution in [0.1, 0.15) is 42.1 Å². The molecule has 170 valence electrons. The topological polar surface area (TPSA) is 60.9 Å². The van der Waals surface area contributed by atoms with Gasteiger partial charge in [-0.1, -0.05) is 19.1 Å². The zero-order valence-electron chi connectivity index (χ0n) is 17.4. The smallest absolute Gasteiger partial charge is 0.443 e. The van der Waals surface area contributed by atoms with E-state index < -0.39 is 23.3 Å². The van der Waals surface area contributed by atoms with Crippen molar-refractivity contribution in [1.29, 1.82) is 0 Å². The van der Waals surface area contributed by atoms with Crippen LogP contribution in [0, 0.1) is 0 Å². The standard InChI is InChI=1S/C21H25F3N2O4S/c1-3-28-19(27)12-30-16-6-4-15(5-7-16)14(2)10-26-8-9-29-18(11-26)17-13-31-20(25-17)21(22,23)24/h4-7,13-14,18H,3,8-12H2,1-2H3. The van der Waals surface area contributed by atoms with E-state index in [1.54, 1.807) is 19.1 Å². The van der Waals surface area contributed by atoms with Gasteiger partial charge < -0.3 is 14.2 Å². The molecule has 0 amide bonds. The number of aromatic nitrogens is 1. The molecule has 31 heavy (non-hydrogen) atoms. The van der Waals surface area contributed by atoms with Crippen LogP contribution in [0.15, 0.2) is 29.6 Å². The second-order valence-corrected chi connectivity index (χ2v) is 8.12. The summed E-state index contributed by atoms with van der Waals surface area (Å²) in [6, 6.07) is 7.50. The first-order valence-electron chi connectivity index (χ1n) is 10.0. The number of hydrogen-bond acceptors (Lipinski definition) is 7. The highest BCUT2D eigenvalue weighted by atomic mass is 32.1. The van der Waals surface area contributed by atoms with Crippen LogP contribution in [0.2, 0.25) is 0 Å². The third-order valence-corrected chi connectivity index (χ3v) is 5.79. The predicted molar refractivity (Wildman–Crippen MR) is 109 cm³/mol. The van der Waals surface area contributed by atoms with Crippen LogP contribution in [0.3, 0.4) is 0 Å². The molecule has 6 nitrogen and oxygen atoms in total. The zero-order chi connectivity index (χ0) is 22.4. The molecule has 10 heteroatoms. The van der Waals surface area contributed by atoms with E-state index in [4.69, 9.17) is 14.2 Å². The van der Waals surface area contributed by atoms with Gasteiger partial charge in [-0.05, 0) is 30.5 Å². The monoisotopic (exact) mass is 458 g/mol. The van der Waals surface area contributed by atoms with Gasteiger partial charge >= 0.3 is 12.1 Å². The predicted octanol–water partition coefficient (Wildman–Crippen LogP) is 4.28. The molecule has 2 aromatic rings. The quantitative estimate of drug-likeness (QED) is 0.551. The Labute approximate surface area is 182 Å². The molecule has 0 bridgehead atoms. The van der Waals surface area contributed by atoms with Crippen molar-refractivity contribution in [3.63, 3.8) is 0 Å². The molecule has 0 radical (unpaired) electrons. The van der Waals surface area contributed by atoms with Crippen molar-refractivity contribution in [3.05, 3.63) is 45.9 Å². The minimum absolute atomic E-state index is 0.134. The summed E-state index contributed by atoms with van der Waals surface area (Å²) < 4.78 is 54.4. The third-order valence-electron chi connectivity index (χ3n) is 4.89. The Morgan fingerprint density at radius 1 is 1.35 bits per heavy atom. The zero-order valence-corrected chi connectivity index (χ0v) is 18.2. The summed E-state index contributed by atoms with van der Waals surface area (Å²) in [6.45, 7) is 6.38. The van der Waals surface area contributed by atoms with Crippen molar-refractivity contribution in [2.24, 2.45) is 0 Å². The van der Waals surface area contributed by atoms with Crippen LogP contribution in [0.25, 0.3) is 0 Å². The van der Waals surface area contributed by atoms with E-state index in [-0.39, 0.29) is 12.5 Å². The third kappa shape index (κ3) is 6.65. The van der Waals surface area contributed by atoms with Gasteiger partial charge in [-0.2, -0.15) is 13.2 Å². The number of morpholine rings is 1. The maximum absolute atomic E-state index is 12.8. The Morgan fingerprint density at radius 2 is 2.10 bits per heavy atom. The van der Waals surface area contributed by atoms with Gasteiger partial charge in [0, 0.05) is 25.0 Å². The Hall–Kier alpha value is -2.17. The normalized spacial score (nSPS) is 18.5. The van der Waals surface area contributed by atoms with Crippen LogP contribution < -0.4 is 4.74 Å². The number of thiazole rings is 1. The maximum Gasteiger partial charge on any atom is 0.443 e. The van der Waals surface area contributed by atoms with E-state index in [1.807, 2.05) is 12.1 Å². The number of hydrogen-bond donors (Lipinski definition) is 0. The van der Waals surface area contributed by atoms with Crippen molar-refractivity contribution >= 4 is 17.3 Å². The molecular formula is C21H25F3N2O4S. The molecule has 0 spiro atoms. The maximum atomic E-state index is 12.8. The van der Waals surface area contributed by atoms with Gasteiger partial charge in [0.1, 0.15) is 11.9 Å². The number of carbonyl (C=O) groups is 1. The molecule has 2 heterocycles. The fraction of sp³-hybridized carbons (Fsp3) is 0.524. The van der Waals surface area contributed by atoms with Crippen LogP contribution in [0.5, 0.6) is 5.75 Å². The van der Waals surface area contributed by atoms with Crippen molar-refractivity contribution in [2.45, 2.75) is 32.0 Å². The summed E-state index contributed by atoms with van der Waals surface area (Å²) in [5.41, 5.74) is 1.43. The summed E-state index contributed by atoms with van der Waals surface area (Å²) in [6.07, 6.45) is -4.90. The molecule has 3 rings (SSSR count). The van der Waals surface area contributed by atoms with Crippen molar-refractivity contribution in [2.75, 3.05) is 39.5 Å². The summed E-state index contributed by atoms with van der Waals surface area (Å²) in [7, 11) is 0. The second-order valence-electron chi connectivity index (χ2n) is 7.26. The van der Waals surface area contributed by atoms with Crippen molar-refractivity contribution in [3.8, 4) is 5.75 Å². The van der Waals surface area contributed by atoms with Crippen LogP contribution in [-0.4, -0.2) is 55.3 Å². The molecule has 1 aliphatic rings. The number of benzene rings is 1. The van der Waals surface area contributed by atoms with Gasteiger partial charge in [0.2, 0.25) is 0 Å². The molecular weight excluding hydrogens is 433 g/mol. The largest absolute Gasteiger partial charge is 0.482 e. The van der Waals surface area contributed by atoms with Crippen LogP contribution in [-0.2, 0) is 20.4 Å². The number of halogens is 3. The molecule has 0 saturated carbocycles. The van der Waals surface area contributed by atoms with Crippen molar-refractivity contribution in [1.82, 2.24) is 9.88 Å². The first-order valence-corrected chi connectivity index (χ1v) is 10.9. The minimum atomic E-state index is -4.43. The van der Waals surface area contributed by atoms with E-state index in [0.29, 0.717) is 49.1 Å². The van der Waals surface area contributed by atoms with Gasteiger partial charge in [-0.25, -0.2) is 9.78 Å². The average molecular weight is 459 g/mol.